The summed E-state index contributed by atoms with van der Waals surface area (Å²) in [5.74, 6) is 0.857. The normalized spacial score (nSPS) is 13.0. The Kier molecular flexibility index (Phi) is 7.41. The molecule has 0 fully saturated rings. The van der Waals surface area contributed by atoms with Crippen LogP contribution >= 0.6 is 10.1 Å². The minimum absolute atomic E-state index is 0.428. The zero-order valence-electron chi connectivity index (χ0n) is 20.3. The number of halogens is 1. The summed E-state index contributed by atoms with van der Waals surface area (Å²) in [5.41, 5.74) is 11.9. The maximum atomic E-state index is 6.57. The molecule has 0 radical (unpaired) electrons. The van der Waals surface area contributed by atoms with Gasteiger partial charge < -0.3 is 0 Å². The monoisotopic (exact) mass is 486 g/mol. The van der Waals surface area contributed by atoms with E-state index in [-0.39, 0.29) is 0 Å². The van der Waals surface area contributed by atoms with Crippen molar-refractivity contribution in [1.82, 2.24) is 9.13 Å². The van der Waals surface area contributed by atoms with Crippen molar-refractivity contribution in [3.8, 4) is 5.69 Å². The van der Waals surface area contributed by atoms with Gasteiger partial charge in [0.25, 0.3) is 0 Å². The Labute approximate surface area is 198 Å². The topological polar surface area (TPSA) is 9.86 Å². The Hall–Kier alpha value is -1.54. The second-order valence-corrected chi connectivity index (χ2v) is 10.4. The van der Waals surface area contributed by atoms with Gasteiger partial charge in [0, 0.05) is 0 Å². The number of benzene rings is 2. The molecular weight excluding hydrogens is 451 g/mol. The van der Waals surface area contributed by atoms with Crippen molar-refractivity contribution in [3.63, 3.8) is 0 Å². The van der Waals surface area contributed by atoms with Crippen LogP contribution in [0.15, 0.2) is 30.3 Å². The van der Waals surface area contributed by atoms with Gasteiger partial charge >= 0.3 is 199 Å². The van der Waals surface area contributed by atoms with Crippen LogP contribution in [0.1, 0.15) is 84.3 Å². The third kappa shape index (κ3) is 4.51. The summed E-state index contributed by atoms with van der Waals surface area (Å²) in [6.45, 7) is 20.9. The van der Waals surface area contributed by atoms with E-state index in [9.17, 15) is 0 Å². The average Bonchev–Trinajstić information content (AvgIpc) is 2.93. The molecule has 0 unspecified atom stereocenters. The fourth-order valence-electron chi connectivity index (χ4n) is 4.60. The molecule has 0 amide bonds. The van der Waals surface area contributed by atoms with Crippen LogP contribution in [0, 0.1) is 38.9 Å². The van der Waals surface area contributed by atoms with Crippen molar-refractivity contribution < 1.29 is 13.6 Å². The minimum atomic E-state index is 0.428. The van der Waals surface area contributed by atoms with Gasteiger partial charge in [0.15, 0.2) is 0 Å². The van der Waals surface area contributed by atoms with E-state index in [0.717, 1.165) is 10.9 Å². The van der Waals surface area contributed by atoms with Crippen molar-refractivity contribution in [2.45, 2.75) is 80.7 Å². The fraction of sp³-hybridized carbons (Fsp3) is 0.444. The zero-order valence-corrected chi connectivity index (χ0v) is 22.0. The predicted molar refractivity (Wildman–Crippen MR) is 130 cm³/mol. The van der Waals surface area contributed by atoms with E-state index in [1.807, 2.05) is 0 Å². The van der Waals surface area contributed by atoms with Crippen molar-refractivity contribution in [3.05, 3.63) is 79.4 Å². The first-order chi connectivity index (χ1) is 14.6. The summed E-state index contributed by atoms with van der Waals surface area (Å²) in [7, 11) is 6.57. The molecule has 0 aliphatic rings. The summed E-state index contributed by atoms with van der Waals surface area (Å²) in [5, 5.41) is 0. The molecule has 0 atom stereocenters. The van der Waals surface area contributed by atoms with E-state index in [0.29, 0.717) is 11.8 Å². The van der Waals surface area contributed by atoms with Crippen molar-refractivity contribution in [2.75, 3.05) is 0 Å². The zero-order chi connectivity index (χ0) is 23.0. The number of aryl methyl sites for hydroxylation is 3. The standard InChI is InChI=1S/C27H36N2.ClH.Cu/c1-17(2)24-11-10-12-25(18(3)4)27(24)29-16-28(22(8)23(29)9)15-26-20(6)13-19(5)14-21(26)7;;/h10-14,17-18H,15H2,1-9H3;1H;/q;;-1/p-1. The molecule has 2 nitrogen and oxygen atoms in total. The van der Waals surface area contributed by atoms with Gasteiger partial charge in [-0.05, 0) is 0 Å². The van der Waals surface area contributed by atoms with Gasteiger partial charge in [-0.15, -0.1) is 0 Å². The molecule has 4 heteroatoms. The summed E-state index contributed by atoms with van der Waals surface area (Å²) in [6.07, 6.45) is 0. The van der Waals surface area contributed by atoms with Crippen LogP contribution in [-0.4, -0.2) is 9.13 Å². The van der Waals surface area contributed by atoms with Gasteiger partial charge in [-0.3, -0.25) is 0 Å². The Balaban J connectivity index is 2.33. The molecule has 0 bridgehead atoms. The Morgan fingerprint density at radius 1 is 0.839 bits per heavy atom. The number of aromatic nitrogens is 2. The van der Waals surface area contributed by atoms with Crippen molar-refractivity contribution in [2.24, 2.45) is 0 Å². The van der Waals surface area contributed by atoms with Gasteiger partial charge in [0.2, 0.25) is 0 Å². The van der Waals surface area contributed by atoms with Crippen molar-refractivity contribution in [1.29, 1.82) is 0 Å². The number of para-hydroxylation sites is 1. The van der Waals surface area contributed by atoms with E-state index >= 15 is 0 Å². The van der Waals surface area contributed by atoms with Gasteiger partial charge in [0.05, 0.1) is 0 Å². The van der Waals surface area contributed by atoms with Crippen LogP contribution in [-0.2, 0) is 20.2 Å². The van der Waals surface area contributed by atoms with E-state index in [1.54, 1.807) is 0 Å². The molecule has 0 spiro atoms. The molecule has 0 saturated heterocycles. The Morgan fingerprint density at radius 3 is 1.81 bits per heavy atom. The van der Waals surface area contributed by atoms with Crippen LogP contribution in [0.5, 0.6) is 0 Å². The van der Waals surface area contributed by atoms with Gasteiger partial charge in [-0.25, -0.2) is 0 Å². The van der Waals surface area contributed by atoms with Gasteiger partial charge in [-0.2, -0.15) is 0 Å². The molecule has 3 rings (SSSR count). The molecular formula is C27H36ClCuN2-2. The number of imidazole rings is 1. The van der Waals surface area contributed by atoms with E-state index in [2.05, 4.69) is 102 Å². The average molecular weight is 488 g/mol. The summed E-state index contributed by atoms with van der Waals surface area (Å²) < 4.78 is 5.84. The SMILES string of the molecule is Cc1cc(C)c(Cn2c(C)c(C)n(-c3c(C(C)C)cccc3C(C)C)[c]2=[Cu-2][Cl])c(C)c1. The molecule has 0 aliphatic heterocycles. The second-order valence-electron chi connectivity index (χ2n) is 9.36. The van der Waals surface area contributed by atoms with Gasteiger partial charge in [-0.1, -0.05) is 0 Å². The molecule has 1 aromatic heterocycles. The van der Waals surface area contributed by atoms with Crippen LogP contribution in [0.4, 0.5) is 0 Å². The quantitative estimate of drug-likeness (QED) is 0.324. The molecule has 174 valence electrons. The van der Waals surface area contributed by atoms with E-state index in [4.69, 9.17) is 10.1 Å². The van der Waals surface area contributed by atoms with Gasteiger partial charge in [0.1, 0.15) is 0 Å². The summed E-state index contributed by atoms with van der Waals surface area (Å²) in [4.78, 5) is 0. The summed E-state index contributed by atoms with van der Waals surface area (Å²) >= 11 is 1.43. The molecule has 0 aliphatic carbocycles. The molecule has 2 aromatic carbocycles. The van der Waals surface area contributed by atoms with E-state index in [1.165, 1.54) is 64.1 Å². The summed E-state index contributed by atoms with van der Waals surface area (Å²) in [6, 6.07) is 11.3. The molecule has 1 heterocycles. The number of hydrogen-bond acceptors (Lipinski definition) is 0. The molecule has 0 saturated carbocycles. The fourth-order valence-corrected chi connectivity index (χ4v) is 5.74. The third-order valence-electron chi connectivity index (χ3n) is 6.41. The second kappa shape index (κ2) is 9.53. The van der Waals surface area contributed by atoms with Crippen LogP contribution in [0.3, 0.4) is 0 Å². The molecule has 31 heavy (non-hydrogen) atoms. The van der Waals surface area contributed by atoms with Crippen LogP contribution in [0.25, 0.3) is 5.69 Å². The first kappa shape index (κ1) is 24.1. The van der Waals surface area contributed by atoms with Crippen LogP contribution < -0.4 is 0 Å². The number of nitrogens with zero attached hydrogens (tertiary/aromatic N) is 2. The first-order valence-electron chi connectivity index (χ1n) is 11.1. The third-order valence-corrected chi connectivity index (χ3v) is 7.45. The number of hydrogen-bond donors (Lipinski definition) is 0. The maximum absolute atomic E-state index is 6.57. The van der Waals surface area contributed by atoms with E-state index < -0.39 is 0 Å². The first-order valence-corrected chi connectivity index (χ1v) is 12.9. The van der Waals surface area contributed by atoms with Crippen LogP contribution in [0.2, 0.25) is 0 Å². The number of rotatable bonds is 5. The Morgan fingerprint density at radius 2 is 1.35 bits per heavy atom. The molecule has 0 N–H and O–H groups in total. The predicted octanol–water partition coefficient (Wildman–Crippen LogP) is 7.88. The van der Waals surface area contributed by atoms with Crippen molar-refractivity contribution >= 4 is 10.1 Å². The Bertz CT molecular complexity index is 1130. The molecule has 3 aromatic rings.